The van der Waals surface area contributed by atoms with Crippen molar-refractivity contribution in [1.82, 2.24) is 15.1 Å². The standard InChI is InChI=1S/C13H21N3O3/c1-3-13(2)11(18)16(12(19)14-13)9-10(17)15-7-5-4-6-8-15/h3-9H2,1-2H3,(H,14,19)/t13-/m1/s1. The van der Waals surface area contributed by atoms with E-state index in [1.807, 2.05) is 6.92 Å². The summed E-state index contributed by atoms with van der Waals surface area (Å²) in [4.78, 5) is 38.8. The van der Waals surface area contributed by atoms with Crippen LogP contribution >= 0.6 is 0 Å². The van der Waals surface area contributed by atoms with E-state index in [9.17, 15) is 14.4 Å². The molecule has 0 unspecified atom stereocenters. The molecule has 1 N–H and O–H groups in total. The Morgan fingerprint density at radius 3 is 2.42 bits per heavy atom. The van der Waals surface area contributed by atoms with Crippen molar-refractivity contribution in [1.29, 1.82) is 0 Å². The highest BCUT2D eigenvalue weighted by Gasteiger charge is 2.47. The first-order valence-corrected chi connectivity index (χ1v) is 6.90. The Hall–Kier alpha value is -1.59. The highest BCUT2D eigenvalue weighted by Crippen LogP contribution is 2.21. The second-order valence-corrected chi connectivity index (χ2v) is 5.45. The van der Waals surface area contributed by atoms with Gasteiger partial charge in [-0.2, -0.15) is 0 Å². The fourth-order valence-electron chi connectivity index (χ4n) is 2.51. The summed E-state index contributed by atoms with van der Waals surface area (Å²) in [6.45, 7) is 4.86. The lowest BCUT2D eigenvalue weighted by Crippen LogP contribution is -2.46. The molecule has 2 rings (SSSR count). The lowest BCUT2D eigenvalue weighted by molar-refractivity contribution is -0.139. The Labute approximate surface area is 113 Å². The van der Waals surface area contributed by atoms with Gasteiger partial charge in [-0.3, -0.25) is 14.5 Å². The summed E-state index contributed by atoms with van der Waals surface area (Å²) in [7, 11) is 0. The van der Waals surface area contributed by atoms with Gasteiger partial charge in [-0.15, -0.1) is 0 Å². The summed E-state index contributed by atoms with van der Waals surface area (Å²) in [5.74, 6) is -0.436. The largest absolute Gasteiger partial charge is 0.341 e. The van der Waals surface area contributed by atoms with Gasteiger partial charge in [-0.05, 0) is 32.6 Å². The van der Waals surface area contributed by atoms with Crippen molar-refractivity contribution in [3.63, 3.8) is 0 Å². The van der Waals surface area contributed by atoms with Crippen LogP contribution in [0.4, 0.5) is 4.79 Å². The minimum Gasteiger partial charge on any atom is -0.341 e. The molecule has 0 aromatic carbocycles. The maximum atomic E-state index is 12.2. The fraction of sp³-hybridized carbons (Fsp3) is 0.769. The summed E-state index contributed by atoms with van der Waals surface area (Å²) in [6.07, 6.45) is 3.66. The number of nitrogens with one attached hydrogen (secondary N) is 1. The smallest absolute Gasteiger partial charge is 0.325 e. The van der Waals surface area contributed by atoms with Crippen LogP contribution in [0.1, 0.15) is 39.5 Å². The van der Waals surface area contributed by atoms with Crippen molar-refractivity contribution in [2.24, 2.45) is 0 Å². The molecular weight excluding hydrogens is 246 g/mol. The molecule has 2 aliphatic heterocycles. The van der Waals surface area contributed by atoms with Crippen LogP contribution in [0.5, 0.6) is 0 Å². The van der Waals surface area contributed by atoms with Gasteiger partial charge in [0, 0.05) is 13.1 Å². The Bertz CT molecular complexity index is 404. The summed E-state index contributed by atoms with van der Waals surface area (Å²) >= 11 is 0. The average Bonchev–Trinajstić information content (AvgIpc) is 2.64. The number of carbonyl (C=O) groups is 3. The average molecular weight is 267 g/mol. The minimum absolute atomic E-state index is 0.136. The van der Waals surface area contributed by atoms with E-state index >= 15 is 0 Å². The van der Waals surface area contributed by atoms with Gasteiger partial charge in [0.15, 0.2) is 0 Å². The molecule has 106 valence electrons. The number of nitrogens with zero attached hydrogens (tertiary/aromatic N) is 2. The molecule has 0 spiro atoms. The predicted molar refractivity (Wildman–Crippen MR) is 69.4 cm³/mol. The molecule has 19 heavy (non-hydrogen) atoms. The minimum atomic E-state index is -0.862. The second-order valence-electron chi connectivity index (χ2n) is 5.45. The maximum Gasteiger partial charge on any atom is 0.325 e. The Morgan fingerprint density at radius 2 is 1.89 bits per heavy atom. The topological polar surface area (TPSA) is 69.7 Å². The molecule has 2 aliphatic rings. The number of rotatable bonds is 3. The Morgan fingerprint density at radius 1 is 1.26 bits per heavy atom. The van der Waals surface area contributed by atoms with E-state index in [0.717, 1.165) is 37.3 Å². The zero-order valence-electron chi connectivity index (χ0n) is 11.6. The lowest BCUT2D eigenvalue weighted by atomic mass is 9.99. The maximum absolute atomic E-state index is 12.2. The van der Waals surface area contributed by atoms with E-state index in [2.05, 4.69) is 5.32 Å². The van der Waals surface area contributed by atoms with Crippen LogP contribution in [0.2, 0.25) is 0 Å². The molecule has 4 amide bonds. The van der Waals surface area contributed by atoms with Crippen LogP contribution in [0.15, 0.2) is 0 Å². The summed E-state index contributed by atoms with van der Waals surface area (Å²) < 4.78 is 0. The van der Waals surface area contributed by atoms with Crippen LogP contribution in [0.3, 0.4) is 0 Å². The molecule has 2 fully saturated rings. The third kappa shape index (κ3) is 2.57. The van der Waals surface area contributed by atoms with Gasteiger partial charge in [0.25, 0.3) is 5.91 Å². The van der Waals surface area contributed by atoms with Gasteiger partial charge in [0.1, 0.15) is 12.1 Å². The van der Waals surface area contributed by atoms with Crippen LogP contribution in [-0.2, 0) is 9.59 Å². The van der Waals surface area contributed by atoms with Crippen LogP contribution < -0.4 is 5.32 Å². The molecule has 6 heteroatoms. The molecule has 0 aromatic heterocycles. The van der Waals surface area contributed by atoms with Gasteiger partial charge in [-0.25, -0.2) is 4.79 Å². The predicted octanol–water partition coefficient (Wildman–Crippen LogP) is 0.719. The van der Waals surface area contributed by atoms with E-state index in [4.69, 9.17) is 0 Å². The highest BCUT2D eigenvalue weighted by molar-refractivity contribution is 6.08. The number of urea groups is 1. The first-order valence-electron chi connectivity index (χ1n) is 6.90. The molecule has 0 saturated carbocycles. The third-order valence-corrected chi connectivity index (χ3v) is 4.05. The van der Waals surface area contributed by atoms with E-state index in [-0.39, 0.29) is 18.4 Å². The molecular formula is C13H21N3O3. The molecule has 6 nitrogen and oxygen atoms in total. The van der Waals surface area contributed by atoms with Crippen molar-refractivity contribution in [3.8, 4) is 0 Å². The molecule has 0 aromatic rings. The van der Waals surface area contributed by atoms with Crippen LogP contribution in [-0.4, -0.2) is 52.8 Å². The second kappa shape index (κ2) is 5.19. The van der Waals surface area contributed by atoms with Gasteiger partial charge in [0.05, 0.1) is 0 Å². The Balaban J connectivity index is 2.00. The van der Waals surface area contributed by atoms with Crippen LogP contribution in [0, 0.1) is 0 Å². The lowest BCUT2D eigenvalue weighted by Gasteiger charge is -2.28. The number of carbonyl (C=O) groups excluding carboxylic acids is 3. The molecule has 2 heterocycles. The SMILES string of the molecule is CC[C@@]1(C)NC(=O)N(CC(=O)N2CCCCC2)C1=O. The number of likely N-dealkylation sites (tertiary alicyclic amines) is 1. The van der Waals surface area contributed by atoms with Gasteiger partial charge < -0.3 is 10.2 Å². The van der Waals surface area contributed by atoms with Crippen molar-refractivity contribution in [2.45, 2.75) is 45.1 Å². The fourth-order valence-corrected chi connectivity index (χ4v) is 2.51. The first-order chi connectivity index (χ1) is 8.98. The number of hydrogen-bond donors (Lipinski definition) is 1. The monoisotopic (exact) mass is 267 g/mol. The molecule has 2 saturated heterocycles. The van der Waals surface area contributed by atoms with Gasteiger partial charge >= 0.3 is 6.03 Å². The Kier molecular flexibility index (Phi) is 3.78. The van der Waals surface area contributed by atoms with Crippen molar-refractivity contribution >= 4 is 17.8 Å². The molecule has 1 atom stereocenters. The zero-order valence-corrected chi connectivity index (χ0v) is 11.6. The van der Waals surface area contributed by atoms with Crippen LogP contribution in [0.25, 0.3) is 0 Å². The van der Waals surface area contributed by atoms with Crippen molar-refractivity contribution < 1.29 is 14.4 Å². The summed E-state index contributed by atoms with van der Waals surface area (Å²) in [6, 6.07) is -0.459. The quantitative estimate of drug-likeness (QED) is 0.766. The normalized spacial score (nSPS) is 27.7. The molecule has 0 aliphatic carbocycles. The first kappa shape index (κ1) is 13.8. The van der Waals surface area contributed by atoms with E-state index in [1.165, 1.54) is 0 Å². The summed E-state index contributed by atoms with van der Waals surface area (Å²) in [5.41, 5.74) is -0.862. The van der Waals surface area contributed by atoms with E-state index < -0.39 is 11.6 Å². The molecule has 0 bridgehead atoms. The highest BCUT2D eigenvalue weighted by atomic mass is 16.2. The number of hydrogen-bond acceptors (Lipinski definition) is 3. The van der Waals surface area contributed by atoms with Gasteiger partial charge in [0.2, 0.25) is 5.91 Å². The van der Waals surface area contributed by atoms with Crippen molar-refractivity contribution in [3.05, 3.63) is 0 Å². The third-order valence-electron chi connectivity index (χ3n) is 4.05. The van der Waals surface area contributed by atoms with Gasteiger partial charge in [-0.1, -0.05) is 6.92 Å². The van der Waals surface area contributed by atoms with E-state index in [1.54, 1.807) is 11.8 Å². The molecule has 0 radical (unpaired) electrons. The number of amides is 4. The van der Waals surface area contributed by atoms with Crippen molar-refractivity contribution in [2.75, 3.05) is 19.6 Å². The number of piperidine rings is 1. The van der Waals surface area contributed by atoms with E-state index in [0.29, 0.717) is 6.42 Å². The zero-order chi connectivity index (χ0) is 14.0. The summed E-state index contributed by atoms with van der Waals surface area (Å²) in [5, 5.41) is 2.65. The number of imide groups is 1.